The number of nitrogens with one attached hydrogen (secondary N) is 3. The normalized spacial score (nSPS) is 13.9. The van der Waals surface area contributed by atoms with Gasteiger partial charge in [-0.1, -0.05) is 30.3 Å². The van der Waals surface area contributed by atoms with Crippen molar-refractivity contribution in [3.63, 3.8) is 0 Å². The van der Waals surface area contributed by atoms with Crippen molar-refractivity contribution in [1.82, 2.24) is 14.9 Å². The molecule has 0 bridgehead atoms. The summed E-state index contributed by atoms with van der Waals surface area (Å²) in [6.07, 6.45) is 1.41. The number of guanidine groups is 1. The molecule has 1 heterocycles. The van der Waals surface area contributed by atoms with Crippen molar-refractivity contribution in [3.8, 4) is 16.9 Å². The highest BCUT2D eigenvalue weighted by Gasteiger charge is 2.24. The Morgan fingerprint density at radius 1 is 1.10 bits per heavy atom. The van der Waals surface area contributed by atoms with E-state index < -0.39 is 10.0 Å². The van der Waals surface area contributed by atoms with Crippen molar-refractivity contribution in [2.75, 3.05) is 46.6 Å². The average molecular weight is 597 g/mol. The van der Waals surface area contributed by atoms with Gasteiger partial charge in [0.25, 0.3) is 0 Å². The molecule has 0 atom stereocenters. The van der Waals surface area contributed by atoms with Crippen LogP contribution in [-0.4, -0.2) is 77.3 Å². The van der Waals surface area contributed by atoms with Gasteiger partial charge in [0.05, 0.1) is 25.6 Å². The Hall–Kier alpha value is -2.70. The number of sulfonamides is 1. The van der Waals surface area contributed by atoms with Crippen LogP contribution in [0.1, 0.15) is 37.8 Å². The lowest BCUT2D eigenvalue weighted by atomic mass is 9.99. The smallest absolute Gasteiger partial charge is 0.226 e. The number of carbonyl (C=O) groups is 1. The largest absolute Gasteiger partial charge is 0.493 e. The summed E-state index contributed by atoms with van der Waals surface area (Å²) in [6.45, 7) is 6.38. The number of halogens is 1. The van der Waals surface area contributed by atoms with E-state index in [4.69, 9.17) is 19.6 Å². The molecule has 222 valence electrons. The summed E-state index contributed by atoms with van der Waals surface area (Å²) >= 11 is 0. The number of rotatable bonds is 13. The van der Waals surface area contributed by atoms with E-state index in [9.17, 15) is 13.2 Å². The van der Waals surface area contributed by atoms with E-state index in [1.807, 2.05) is 56.3 Å². The second-order valence-electron chi connectivity index (χ2n) is 9.72. The van der Waals surface area contributed by atoms with Crippen LogP contribution in [0.15, 0.2) is 42.5 Å². The van der Waals surface area contributed by atoms with Gasteiger partial charge in [-0.05, 0) is 49.1 Å². The maximum atomic E-state index is 12.9. The van der Waals surface area contributed by atoms with Crippen molar-refractivity contribution in [1.29, 1.82) is 5.41 Å². The second-order valence-corrected chi connectivity index (χ2v) is 11.7. The van der Waals surface area contributed by atoms with Crippen LogP contribution < -0.4 is 15.4 Å². The Morgan fingerprint density at radius 2 is 1.85 bits per heavy atom. The third-order valence-electron chi connectivity index (χ3n) is 6.09. The fraction of sp³-hybridized carbons (Fsp3) is 0.500. The van der Waals surface area contributed by atoms with Crippen molar-refractivity contribution >= 4 is 34.3 Å². The molecule has 1 fully saturated rings. The molecule has 1 amide bonds. The molecule has 1 aliphatic heterocycles. The van der Waals surface area contributed by atoms with Crippen molar-refractivity contribution in [2.24, 2.45) is 0 Å². The minimum absolute atomic E-state index is 0. The Labute approximate surface area is 243 Å². The standard InChI is InChI=1S/C28H40N4O6S.ClH/c1-21(2)30-28(29)31-27(33)11-9-22-8-10-25(26(19-22)38-15-5-14-36-3)24-7-4-6-23(18-24)20-39(34,35)32-12-16-37-17-13-32;/h4,6-8,10,18-19,21H,5,9,11-17,20H2,1-3H3,(H3,29,30,31,33);1H. The number of ether oxygens (including phenoxy) is 3. The van der Waals surface area contributed by atoms with Crippen LogP contribution in [0.25, 0.3) is 11.1 Å². The van der Waals surface area contributed by atoms with Gasteiger partial charge >= 0.3 is 0 Å². The van der Waals surface area contributed by atoms with Crippen LogP contribution in [0.4, 0.5) is 0 Å². The first kappa shape index (κ1) is 33.5. The van der Waals surface area contributed by atoms with Gasteiger partial charge in [-0.2, -0.15) is 4.31 Å². The number of carbonyl (C=O) groups excluding carboxylic acids is 1. The molecule has 0 radical (unpaired) electrons. The summed E-state index contributed by atoms with van der Waals surface area (Å²) in [4.78, 5) is 12.3. The van der Waals surface area contributed by atoms with E-state index in [2.05, 4.69) is 10.6 Å². The summed E-state index contributed by atoms with van der Waals surface area (Å²) < 4.78 is 43.9. The molecule has 1 saturated heterocycles. The van der Waals surface area contributed by atoms with Crippen LogP contribution in [0.3, 0.4) is 0 Å². The van der Waals surface area contributed by atoms with Crippen molar-refractivity contribution in [3.05, 3.63) is 53.6 Å². The van der Waals surface area contributed by atoms with Gasteiger partial charge < -0.3 is 19.5 Å². The Balaban J connectivity index is 0.00000560. The molecule has 12 heteroatoms. The maximum absolute atomic E-state index is 12.9. The number of hydrogen-bond acceptors (Lipinski definition) is 7. The minimum Gasteiger partial charge on any atom is -0.493 e. The van der Waals surface area contributed by atoms with Crippen LogP contribution in [-0.2, 0) is 36.5 Å². The molecule has 0 spiro atoms. The molecule has 40 heavy (non-hydrogen) atoms. The molecular weight excluding hydrogens is 556 g/mol. The molecule has 0 saturated carbocycles. The average Bonchev–Trinajstić information content (AvgIpc) is 2.90. The van der Waals surface area contributed by atoms with Gasteiger partial charge in [0.15, 0.2) is 5.96 Å². The van der Waals surface area contributed by atoms with Crippen molar-refractivity contribution < 1.29 is 27.4 Å². The zero-order chi connectivity index (χ0) is 28.3. The van der Waals surface area contributed by atoms with Crippen molar-refractivity contribution in [2.45, 2.75) is 44.9 Å². The van der Waals surface area contributed by atoms with Gasteiger partial charge in [-0.15, -0.1) is 12.4 Å². The zero-order valence-corrected chi connectivity index (χ0v) is 25.0. The first-order valence-corrected chi connectivity index (χ1v) is 14.8. The van der Waals surface area contributed by atoms with E-state index in [1.54, 1.807) is 7.11 Å². The summed E-state index contributed by atoms with van der Waals surface area (Å²) in [5, 5.41) is 13.2. The topological polar surface area (TPSA) is 130 Å². The predicted molar refractivity (Wildman–Crippen MR) is 159 cm³/mol. The zero-order valence-electron chi connectivity index (χ0n) is 23.4. The second kappa shape index (κ2) is 16.5. The predicted octanol–water partition coefficient (Wildman–Crippen LogP) is 3.33. The van der Waals surface area contributed by atoms with Crippen LogP contribution in [0.5, 0.6) is 5.75 Å². The molecular formula is C28H41ClN4O6S. The van der Waals surface area contributed by atoms with Gasteiger partial charge in [0.1, 0.15) is 5.75 Å². The Morgan fingerprint density at radius 3 is 2.55 bits per heavy atom. The SMILES string of the molecule is COCCCOc1cc(CCC(=O)NC(=N)NC(C)C)ccc1-c1cccc(CS(=O)(=O)N2CCOCC2)c1.Cl. The molecule has 10 nitrogen and oxygen atoms in total. The molecule has 2 aromatic carbocycles. The Kier molecular flexibility index (Phi) is 13.9. The van der Waals surface area contributed by atoms with Gasteiger partial charge in [0.2, 0.25) is 15.9 Å². The highest BCUT2D eigenvalue weighted by Crippen LogP contribution is 2.32. The molecule has 1 aliphatic rings. The fourth-order valence-electron chi connectivity index (χ4n) is 4.21. The van der Waals surface area contributed by atoms with Crippen LogP contribution in [0, 0.1) is 5.41 Å². The van der Waals surface area contributed by atoms with Gasteiger partial charge in [-0.3, -0.25) is 15.5 Å². The van der Waals surface area contributed by atoms with E-state index >= 15 is 0 Å². The molecule has 2 aromatic rings. The lowest BCUT2D eigenvalue weighted by Gasteiger charge is -2.26. The lowest BCUT2D eigenvalue weighted by molar-refractivity contribution is -0.119. The number of aryl methyl sites for hydroxylation is 1. The highest BCUT2D eigenvalue weighted by molar-refractivity contribution is 7.88. The minimum atomic E-state index is -3.45. The lowest BCUT2D eigenvalue weighted by Crippen LogP contribution is -2.43. The van der Waals surface area contributed by atoms with Gasteiger partial charge in [-0.25, -0.2) is 8.42 Å². The number of amides is 1. The van der Waals surface area contributed by atoms with E-state index in [0.717, 1.165) is 16.7 Å². The van der Waals surface area contributed by atoms with E-state index in [-0.39, 0.29) is 42.5 Å². The van der Waals surface area contributed by atoms with Gasteiger partial charge in [0, 0.05) is 51.3 Å². The molecule has 0 unspecified atom stereocenters. The molecule has 0 aromatic heterocycles. The quantitative estimate of drug-likeness (QED) is 0.184. The number of nitrogens with zero attached hydrogens (tertiary/aromatic N) is 1. The summed E-state index contributed by atoms with van der Waals surface area (Å²) in [5.74, 6) is 0.321. The number of benzene rings is 2. The monoisotopic (exact) mass is 596 g/mol. The maximum Gasteiger partial charge on any atom is 0.226 e. The molecule has 3 N–H and O–H groups in total. The van der Waals surface area contributed by atoms with E-state index in [0.29, 0.717) is 63.7 Å². The molecule has 0 aliphatic carbocycles. The van der Waals surface area contributed by atoms with Crippen LogP contribution in [0.2, 0.25) is 0 Å². The Bertz CT molecular complexity index is 1220. The van der Waals surface area contributed by atoms with Crippen LogP contribution >= 0.6 is 12.4 Å². The first-order valence-electron chi connectivity index (χ1n) is 13.2. The fourth-order valence-corrected chi connectivity index (χ4v) is 5.69. The summed E-state index contributed by atoms with van der Waals surface area (Å²) in [7, 11) is -1.81. The molecule has 3 rings (SSSR count). The number of hydrogen-bond donors (Lipinski definition) is 3. The number of methoxy groups -OCH3 is 1. The number of morpholine rings is 1. The third kappa shape index (κ3) is 10.7. The highest BCUT2D eigenvalue weighted by atomic mass is 35.5. The van der Waals surface area contributed by atoms with E-state index in [1.165, 1.54) is 4.31 Å². The third-order valence-corrected chi connectivity index (χ3v) is 7.94. The summed E-state index contributed by atoms with van der Waals surface area (Å²) in [5.41, 5.74) is 3.31. The first-order chi connectivity index (χ1) is 18.7. The summed E-state index contributed by atoms with van der Waals surface area (Å²) in [6, 6.07) is 13.4.